The molecule has 0 saturated carbocycles. The lowest BCUT2D eigenvalue weighted by Crippen LogP contribution is -2.12. The van der Waals surface area contributed by atoms with Gasteiger partial charge in [0.1, 0.15) is 0 Å². The topological polar surface area (TPSA) is 0 Å². The first-order valence-corrected chi connectivity index (χ1v) is 6.47. The molecule has 1 unspecified atom stereocenters. The summed E-state index contributed by atoms with van der Waals surface area (Å²) in [5.74, 6) is 0.844. The van der Waals surface area contributed by atoms with Crippen molar-refractivity contribution in [1.29, 1.82) is 0 Å². The van der Waals surface area contributed by atoms with Gasteiger partial charge in [-0.05, 0) is 54.7 Å². The highest BCUT2D eigenvalue weighted by Gasteiger charge is 2.20. The van der Waals surface area contributed by atoms with Gasteiger partial charge in [0.15, 0.2) is 0 Å². The van der Waals surface area contributed by atoms with E-state index in [9.17, 15) is 0 Å². The van der Waals surface area contributed by atoms with Gasteiger partial charge in [-0.25, -0.2) is 0 Å². The summed E-state index contributed by atoms with van der Waals surface area (Å²) in [6.45, 7) is 4.62. The fourth-order valence-electron chi connectivity index (χ4n) is 2.99. The summed E-state index contributed by atoms with van der Waals surface area (Å²) in [5.41, 5.74) is 4.98. The molecule has 0 nitrogen and oxygen atoms in total. The highest BCUT2D eigenvalue weighted by atomic mass is 14.3. The molecule has 2 rings (SSSR count). The molecule has 1 aliphatic rings. The summed E-state index contributed by atoms with van der Waals surface area (Å²) < 4.78 is 0. The molecule has 0 heterocycles. The third-order valence-corrected chi connectivity index (χ3v) is 3.71. The van der Waals surface area contributed by atoms with Gasteiger partial charge >= 0.3 is 0 Å². The molecule has 1 aromatic carbocycles. The average Bonchev–Trinajstić information content (AvgIpc) is 2.29. The number of hydrogen-bond acceptors (Lipinski definition) is 0. The summed E-state index contributed by atoms with van der Waals surface area (Å²) in [5, 5.41) is 0. The van der Waals surface area contributed by atoms with Crippen LogP contribution in [0.25, 0.3) is 0 Å². The van der Waals surface area contributed by atoms with Gasteiger partial charge in [0.05, 0.1) is 0 Å². The monoisotopic (exact) mass is 202 g/mol. The van der Waals surface area contributed by atoms with Crippen LogP contribution in [-0.2, 0) is 12.8 Å². The molecule has 0 spiro atoms. The van der Waals surface area contributed by atoms with Gasteiger partial charge in [-0.2, -0.15) is 0 Å². The molecule has 0 saturated heterocycles. The molecule has 0 amide bonds. The Morgan fingerprint density at radius 2 is 2.13 bits per heavy atom. The van der Waals surface area contributed by atoms with E-state index in [0.717, 1.165) is 5.92 Å². The maximum absolute atomic E-state index is 2.34. The van der Waals surface area contributed by atoms with Crippen molar-refractivity contribution in [3.8, 4) is 0 Å². The van der Waals surface area contributed by atoms with Crippen LogP contribution in [-0.4, -0.2) is 0 Å². The molecule has 0 radical (unpaired) electrons. The lowest BCUT2D eigenvalue weighted by molar-refractivity contribution is 0.534. The minimum absolute atomic E-state index is 0.844. The van der Waals surface area contributed by atoms with E-state index in [0.29, 0.717) is 0 Å². The van der Waals surface area contributed by atoms with Crippen LogP contribution in [0.15, 0.2) is 18.2 Å². The van der Waals surface area contributed by atoms with Gasteiger partial charge in [0.25, 0.3) is 0 Å². The van der Waals surface area contributed by atoms with Crippen molar-refractivity contribution in [3.05, 3.63) is 34.9 Å². The maximum Gasteiger partial charge on any atom is -0.0159 e. The van der Waals surface area contributed by atoms with Crippen LogP contribution in [0.1, 0.15) is 62.1 Å². The lowest BCUT2D eigenvalue weighted by Gasteiger charge is -2.27. The van der Waals surface area contributed by atoms with Gasteiger partial charge in [0, 0.05) is 0 Å². The zero-order chi connectivity index (χ0) is 10.7. The number of aryl methyl sites for hydroxylation is 2. The normalized spacial score (nSPS) is 20.0. The molecule has 15 heavy (non-hydrogen) atoms. The Balaban J connectivity index is 2.40. The van der Waals surface area contributed by atoms with Crippen molar-refractivity contribution < 1.29 is 0 Å². The van der Waals surface area contributed by atoms with Crippen molar-refractivity contribution >= 4 is 0 Å². The molecular formula is C15H22. The van der Waals surface area contributed by atoms with E-state index >= 15 is 0 Å². The minimum atomic E-state index is 0.844. The fraction of sp³-hybridized carbons (Fsp3) is 0.600. The number of hydrogen-bond donors (Lipinski definition) is 0. The van der Waals surface area contributed by atoms with E-state index in [1.54, 1.807) is 16.7 Å². The molecule has 0 fully saturated rings. The summed E-state index contributed by atoms with van der Waals surface area (Å²) in [4.78, 5) is 0. The van der Waals surface area contributed by atoms with Gasteiger partial charge in [-0.15, -0.1) is 0 Å². The van der Waals surface area contributed by atoms with Crippen LogP contribution in [0.4, 0.5) is 0 Å². The van der Waals surface area contributed by atoms with Gasteiger partial charge < -0.3 is 0 Å². The highest BCUT2D eigenvalue weighted by Crippen LogP contribution is 2.36. The number of rotatable bonds is 3. The average molecular weight is 202 g/mol. The van der Waals surface area contributed by atoms with Crippen LogP contribution < -0.4 is 0 Å². The van der Waals surface area contributed by atoms with Gasteiger partial charge in [-0.3, -0.25) is 0 Å². The van der Waals surface area contributed by atoms with Crippen molar-refractivity contribution in [3.63, 3.8) is 0 Å². The molecular weight excluding hydrogens is 180 g/mol. The Labute approximate surface area is 93.7 Å². The number of benzene rings is 1. The largest absolute Gasteiger partial charge is 0.0651 e. The molecule has 1 atom stereocenters. The maximum atomic E-state index is 2.34. The van der Waals surface area contributed by atoms with Crippen LogP contribution in [0.3, 0.4) is 0 Å². The van der Waals surface area contributed by atoms with Crippen LogP contribution >= 0.6 is 0 Å². The second kappa shape index (κ2) is 4.83. The third kappa shape index (κ3) is 2.09. The van der Waals surface area contributed by atoms with Crippen molar-refractivity contribution in [1.82, 2.24) is 0 Å². The number of fused-ring (bicyclic) bond motifs is 1. The van der Waals surface area contributed by atoms with Crippen molar-refractivity contribution in [2.24, 2.45) is 0 Å². The van der Waals surface area contributed by atoms with Crippen molar-refractivity contribution in [2.75, 3.05) is 0 Å². The van der Waals surface area contributed by atoms with E-state index < -0.39 is 0 Å². The molecule has 82 valence electrons. The van der Waals surface area contributed by atoms with Crippen LogP contribution in [0, 0.1) is 0 Å². The smallest absolute Gasteiger partial charge is 0.0159 e. The van der Waals surface area contributed by atoms with Crippen LogP contribution in [0.2, 0.25) is 0 Å². The molecule has 0 bridgehead atoms. The first-order chi connectivity index (χ1) is 7.36. The van der Waals surface area contributed by atoms with Crippen molar-refractivity contribution in [2.45, 2.75) is 58.3 Å². The molecule has 0 aromatic heterocycles. The third-order valence-electron chi connectivity index (χ3n) is 3.71. The predicted octanol–water partition coefficient (Wildman–Crippen LogP) is 4.47. The van der Waals surface area contributed by atoms with Gasteiger partial charge in [-0.1, -0.05) is 38.5 Å². The second-order valence-electron chi connectivity index (χ2n) is 4.74. The zero-order valence-corrected chi connectivity index (χ0v) is 10.1. The Kier molecular flexibility index (Phi) is 3.45. The second-order valence-corrected chi connectivity index (χ2v) is 4.74. The SMILES string of the molecule is CCCc1cccc2c1C(CC)CCC2. The Bertz CT molecular complexity index is 325. The Morgan fingerprint density at radius 3 is 2.87 bits per heavy atom. The molecule has 0 heteroatoms. The Hall–Kier alpha value is -0.780. The highest BCUT2D eigenvalue weighted by molar-refractivity contribution is 5.39. The van der Waals surface area contributed by atoms with Gasteiger partial charge in [0.2, 0.25) is 0 Å². The standard InChI is InChI=1S/C15H22/c1-3-7-13-9-6-11-14-10-5-8-12(4-2)15(13)14/h6,9,11-12H,3-5,7-8,10H2,1-2H3. The summed E-state index contributed by atoms with van der Waals surface area (Å²) in [6, 6.07) is 6.94. The first-order valence-electron chi connectivity index (χ1n) is 6.47. The van der Waals surface area contributed by atoms with Crippen LogP contribution in [0.5, 0.6) is 0 Å². The van der Waals surface area contributed by atoms with E-state index in [1.807, 2.05) is 0 Å². The quantitative estimate of drug-likeness (QED) is 0.678. The Morgan fingerprint density at radius 1 is 1.27 bits per heavy atom. The predicted molar refractivity (Wildman–Crippen MR) is 66.4 cm³/mol. The van der Waals surface area contributed by atoms with E-state index in [2.05, 4.69) is 32.0 Å². The minimum Gasteiger partial charge on any atom is -0.0651 e. The lowest BCUT2D eigenvalue weighted by atomic mass is 9.78. The van der Waals surface area contributed by atoms with E-state index in [4.69, 9.17) is 0 Å². The summed E-state index contributed by atoms with van der Waals surface area (Å²) >= 11 is 0. The first kappa shape index (κ1) is 10.7. The summed E-state index contributed by atoms with van der Waals surface area (Å²) in [6.07, 6.45) is 7.95. The molecule has 0 aliphatic heterocycles. The van der Waals surface area contributed by atoms with E-state index in [-0.39, 0.29) is 0 Å². The zero-order valence-electron chi connectivity index (χ0n) is 10.1. The molecule has 0 N–H and O–H groups in total. The molecule has 1 aliphatic carbocycles. The molecule has 1 aromatic rings. The fourth-order valence-corrected chi connectivity index (χ4v) is 2.99. The van der Waals surface area contributed by atoms with E-state index in [1.165, 1.54) is 38.5 Å². The summed E-state index contributed by atoms with van der Waals surface area (Å²) in [7, 11) is 0.